The highest BCUT2D eigenvalue weighted by Crippen LogP contribution is 2.30. The third kappa shape index (κ3) is 4.34. The van der Waals surface area contributed by atoms with Crippen LogP contribution in [0.15, 0.2) is 21.1 Å². The molecule has 1 saturated heterocycles. The van der Waals surface area contributed by atoms with Crippen LogP contribution in [0.2, 0.25) is 0 Å². The molecule has 10 nitrogen and oxygen atoms in total. The van der Waals surface area contributed by atoms with Crippen LogP contribution in [0.3, 0.4) is 0 Å². The van der Waals surface area contributed by atoms with Gasteiger partial charge in [0.15, 0.2) is 0 Å². The van der Waals surface area contributed by atoms with Crippen molar-refractivity contribution >= 4 is 27.0 Å². The molecule has 0 bridgehead atoms. The Kier molecular flexibility index (Phi) is 5.82. The van der Waals surface area contributed by atoms with Crippen LogP contribution in [0, 0.1) is 20.8 Å². The molecule has 0 aliphatic carbocycles. The smallest absolute Gasteiger partial charge is 0.259 e. The third-order valence-electron chi connectivity index (χ3n) is 5.19. The maximum absolute atomic E-state index is 13.0. The molecular formula is C20H24N4O6S. The van der Waals surface area contributed by atoms with Gasteiger partial charge >= 0.3 is 0 Å². The second-order valence-corrected chi connectivity index (χ2v) is 9.50. The first-order valence-corrected chi connectivity index (χ1v) is 11.6. The summed E-state index contributed by atoms with van der Waals surface area (Å²) in [6.07, 6.45) is 0. The summed E-state index contributed by atoms with van der Waals surface area (Å²) in [5.41, 5.74) is 2.35. The highest BCUT2D eigenvalue weighted by molar-refractivity contribution is 7.89. The zero-order chi connectivity index (χ0) is 22.2. The number of sulfonamides is 1. The molecule has 1 fully saturated rings. The number of nitrogens with zero attached hydrogens (tertiary/aromatic N) is 3. The molecule has 0 aromatic carbocycles. The number of aryl methyl sites for hydroxylation is 3. The van der Waals surface area contributed by atoms with Gasteiger partial charge in [0, 0.05) is 25.2 Å². The second-order valence-electron chi connectivity index (χ2n) is 7.41. The molecule has 3 aromatic heterocycles. The average Bonchev–Trinajstić information content (AvgIpc) is 3.29. The molecule has 31 heavy (non-hydrogen) atoms. The average molecular weight is 449 g/mol. The van der Waals surface area contributed by atoms with Crippen molar-refractivity contribution in [3.8, 4) is 11.3 Å². The van der Waals surface area contributed by atoms with Crippen molar-refractivity contribution in [2.45, 2.75) is 20.8 Å². The van der Waals surface area contributed by atoms with Crippen molar-refractivity contribution in [2.75, 3.05) is 38.6 Å². The number of aromatic nitrogens is 2. The second kappa shape index (κ2) is 8.40. The highest BCUT2D eigenvalue weighted by atomic mass is 32.2. The van der Waals surface area contributed by atoms with Crippen LogP contribution < -0.4 is 5.32 Å². The molecule has 4 heterocycles. The largest absolute Gasteiger partial charge is 0.466 e. The number of ether oxygens (including phenoxy) is 1. The number of amides is 1. The first kappa shape index (κ1) is 21.5. The van der Waals surface area contributed by atoms with Crippen molar-refractivity contribution in [1.82, 2.24) is 19.8 Å². The fraction of sp³-hybridized carbons (Fsp3) is 0.450. The molecule has 166 valence electrons. The summed E-state index contributed by atoms with van der Waals surface area (Å²) in [6, 6.07) is 3.49. The van der Waals surface area contributed by atoms with E-state index >= 15 is 0 Å². The van der Waals surface area contributed by atoms with Gasteiger partial charge in [0.2, 0.25) is 10.0 Å². The molecule has 0 saturated carbocycles. The van der Waals surface area contributed by atoms with Crippen LogP contribution in [0.5, 0.6) is 0 Å². The van der Waals surface area contributed by atoms with E-state index in [9.17, 15) is 13.2 Å². The Morgan fingerprint density at radius 3 is 2.61 bits per heavy atom. The summed E-state index contributed by atoms with van der Waals surface area (Å²) in [5, 5.41) is 7.13. The van der Waals surface area contributed by atoms with Gasteiger partial charge in [-0.05, 0) is 32.9 Å². The number of nitrogens with one attached hydrogen (secondary N) is 1. The molecule has 0 unspecified atom stereocenters. The van der Waals surface area contributed by atoms with Crippen molar-refractivity contribution in [3.05, 3.63) is 34.9 Å². The summed E-state index contributed by atoms with van der Waals surface area (Å²) < 4.78 is 42.4. The topological polar surface area (TPSA) is 128 Å². The number of hydrogen-bond acceptors (Lipinski definition) is 8. The van der Waals surface area contributed by atoms with Crippen LogP contribution in [0.25, 0.3) is 22.4 Å². The van der Waals surface area contributed by atoms with Crippen molar-refractivity contribution in [1.29, 1.82) is 0 Å². The van der Waals surface area contributed by atoms with Gasteiger partial charge in [-0.3, -0.25) is 4.79 Å². The van der Waals surface area contributed by atoms with Gasteiger partial charge < -0.3 is 19.0 Å². The number of morpholine rings is 1. The molecule has 1 N–H and O–H groups in total. The third-order valence-corrected chi connectivity index (χ3v) is 7.06. The fourth-order valence-electron chi connectivity index (χ4n) is 3.64. The molecule has 4 rings (SSSR count). The SMILES string of the molecule is Cc1cc(-c2cc(C(=O)NCCS(=O)(=O)N3CCOCC3)c3c(C)noc3n2)c(C)o1. The predicted octanol–water partition coefficient (Wildman–Crippen LogP) is 1.80. The van der Waals surface area contributed by atoms with Crippen LogP contribution in [0.4, 0.5) is 0 Å². The summed E-state index contributed by atoms with van der Waals surface area (Å²) >= 11 is 0. The van der Waals surface area contributed by atoms with E-state index in [1.807, 2.05) is 19.9 Å². The van der Waals surface area contributed by atoms with E-state index in [0.717, 1.165) is 11.3 Å². The van der Waals surface area contributed by atoms with Crippen molar-refractivity contribution in [3.63, 3.8) is 0 Å². The number of carbonyl (C=O) groups excluding carboxylic acids is 1. The molecule has 3 aromatic rings. The molecule has 1 amide bonds. The lowest BCUT2D eigenvalue weighted by Crippen LogP contribution is -2.43. The number of pyridine rings is 1. The first-order valence-electron chi connectivity index (χ1n) is 9.94. The Bertz CT molecular complexity index is 1220. The molecule has 1 aliphatic heterocycles. The normalized spacial score (nSPS) is 15.5. The number of rotatable bonds is 6. The van der Waals surface area contributed by atoms with Crippen molar-refractivity contribution < 1.29 is 26.9 Å². The van der Waals surface area contributed by atoms with Gasteiger partial charge in [0.25, 0.3) is 11.6 Å². The van der Waals surface area contributed by atoms with Gasteiger partial charge in [0.1, 0.15) is 11.5 Å². The monoisotopic (exact) mass is 448 g/mol. The first-order chi connectivity index (χ1) is 14.8. The quantitative estimate of drug-likeness (QED) is 0.605. The van der Waals surface area contributed by atoms with Gasteiger partial charge in [-0.15, -0.1) is 0 Å². The van der Waals surface area contributed by atoms with E-state index in [4.69, 9.17) is 13.7 Å². The fourth-order valence-corrected chi connectivity index (χ4v) is 4.96. The molecule has 0 atom stereocenters. The summed E-state index contributed by atoms with van der Waals surface area (Å²) in [5.74, 6) is 0.781. The zero-order valence-electron chi connectivity index (χ0n) is 17.6. The molecule has 0 radical (unpaired) electrons. The van der Waals surface area contributed by atoms with E-state index in [1.54, 1.807) is 13.0 Å². The minimum atomic E-state index is -3.47. The Labute approximate surface area is 179 Å². The zero-order valence-corrected chi connectivity index (χ0v) is 18.4. The Morgan fingerprint density at radius 2 is 1.94 bits per heavy atom. The minimum Gasteiger partial charge on any atom is -0.466 e. The highest BCUT2D eigenvalue weighted by Gasteiger charge is 2.25. The van der Waals surface area contributed by atoms with E-state index in [2.05, 4.69) is 15.5 Å². The maximum Gasteiger partial charge on any atom is 0.259 e. The minimum absolute atomic E-state index is 0.0220. The number of furan rings is 1. The molecular weight excluding hydrogens is 424 g/mol. The standard InChI is InChI=1S/C20H24N4O6S/c1-12-10-15(14(3)29-12)17-11-16(18-13(2)23-30-20(18)22-17)19(25)21-4-9-31(26,27)24-5-7-28-8-6-24/h10-11H,4-9H2,1-3H3,(H,21,25). The van der Waals surface area contributed by atoms with Gasteiger partial charge in [-0.2, -0.15) is 4.31 Å². The molecule has 11 heteroatoms. The molecule has 0 spiro atoms. The van der Waals surface area contributed by atoms with Crippen molar-refractivity contribution in [2.24, 2.45) is 0 Å². The van der Waals surface area contributed by atoms with E-state index in [0.29, 0.717) is 54.4 Å². The summed E-state index contributed by atoms with van der Waals surface area (Å²) in [6.45, 7) is 6.76. The van der Waals surface area contributed by atoms with E-state index in [1.165, 1.54) is 4.31 Å². The Morgan fingerprint density at radius 1 is 1.19 bits per heavy atom. The predicted molar refractivity (Wildman–Crippen MR) is 112 cm³/mol. The Hall–Kier alpha value is -2.76. The van der Waals surface area contributed by atoms with Crippen LogP contribution in [-0.2, 0) is 14.8 Å². The van der Waals surface area contributed by atoms with Crippen LogP contribution >= 0.6 is 0 Å². The van der Waals surface area contributed by atoms with E-state index < -0.39 is 15.9 Å². The number of fused-ring (bicyclic) bond motifs is 1. The summed E-state index contributed by atoms with van der Waals surface area (Å²) in [7, 11) is -3.47. The molecule has 1 aliphatic rings. The number of carbonyl (C=O) groups is 1. The van der Waals surface area contributed by atoms with Crippen LogP contribution in [0.1, 0.15) is 27.6 Å². The van der Waals surface area contributed by atoms with Crippen LogP contribution in [-0.4, -0.2) is 67.4 Å². The van der Waals surface area contributed by atoms with Gasteiger partial charge in [-0.1, -0.05) is 5.16 Å². The van der Waals surface area contributed by atoms with Gasteiger partial charge in [0.05, 0.1) is 41.3 Å². The lowest BCUT2D eigenvalue weighted by molar-refractivity contribution is 0.0730. The Balaban J connectivity index is 1.57. The number of hydrogen-bond donors (Lipinski definition) is 1. The summed E-state index contributed by atoms with van der Waals surface area (Å²) in [4.78, 5) is 17.5. The maximum atomic E-state index is 13.0. The lowest BCUT2D eigenvalue weighted by Gasteiger charge is -2.26. The lowest BCUT2D eigenvalue weighted by atomic mass is 10.1. The van der Waals surface area contributed by atoms with Gasteiger partial charge in [-0.25, -0.2) is 13.4 Å². The van der Waals surface area contributed by atoms with E-state index in [-0.39, 0.29) is 18.0 Å².